The van der Waals surface area contributed by atoms with E-state index in [1.807, 2.05) is 24.3 Å². The van der Waals surface area contributed by atoms with Gasteiger partial charge in [-0.25, -0.2) is 0 Å². The number of hydrogen-bond donors (Lipinski definition) is 4. The molecule has 3 aliphatic rings. The van der Waals surface area contributed by atoms with Crippen LogP contribution in [0.3, 0.4) is 0 Å². The van der Waals surface area contributed by atoms with Crippen LogP contribution in [0.1, 0.15) is 162 Å². The van der Waals surface area contributed by atoms with Crippen molar-refractivity contribution in [1.29, 1.82) is 0 Å². The van der Waals surface area contributed by atoms with E-state index >= 15 is 0 Å². The van der Waals surface area contributed by atoms with Gasteiger partial charge >= 0.3 is 16.5 Å². The summed E-state index contributed by atoms with van der Waals surface area (Å²) in [6.45, 7) is 19.8. The third kappa shape index (κ3) is 26.1. The number of primary amides is 2. The van der Waals surface area contributed by atoms with Crippen molar-refractivity contribution in [3.63, 3.8) is 0 Å². The Morgan fingerprint density at radius 3 is 1.20 bits per heavy atom. The average molecular weight is 1040 g/mol. The number of anilines is 1. The molecule has 2 amide bonds. The molecule has 70 heavy (non-hydrogen) atoms. The van der Waals surface area contributed by atoms with Gasteiger partial charge in [0.15, 0.2) is 0 Å². The quantitative estimate of drug-likeness (QED) is 0.0672. The first-order chi connectivity index (χ1) is 32.7. The summed E-state index contributed by atoms with van der Waals surface area (Å²) in [4.78, 5) is 75.2. The van der Waals surface area contributed by atoms with E-state index < -0.39 is 16.5 Å². The molecule has 0 aliphatic heterocycles. The molecule has 3 aliphatic carbocycles. The maximum Gasteiger partial charge on any atom is 0.306 e. The van der Waals surface area contributed by atoms with Gasteiger partial charge < -0.3 is 22.3 Å². The predicted molar refractivity (Wildman–Crippen MR) is 285 cm³/mol. The Morgan fingerprint density at radius 2 is 0.857 bits per heavy atom. The van der Waals surface area contributed by atoms with Crippen LogP contribution in [-0.4, -0.2) is 44.4 Å². The summed E-state index contributed by atoms with van der Waals surface area (Å²) in [6, 6.07) is 15.9. The number of carboxylic acids is 1. The van der Waals surface area contributed by atoms with Crippen LogP contribution in [0.15, 0.2) is 48.5 Å². The second-order valence-electron chi connectivity index (χ2n) is 21.3. The van der Waals surface area contributed by atoms with E-state index in [2.05, 4.69) is 110 Å². The Balaban J connectivity index is 0.000000469. The fourth-order valence-electron chi connectivity index (χ4n) is 10.3. The summed E-state index contributed by atoms with van der Waals surface area (Å²) >= 11 is 14.6. The van der Waals surface area contributed by atoms with Crippen LogP contribution >= 0.6 is 34.8 Å². The SMILES string of the molecule is CC(C)[C@@H]1CC[C@@H](C)CC1C(=O)Cc1ccc(CCCC(N)=O)cc1.CC(C)[C@@H]1CC[C@@H](C)CC1C(=O)Cl.CC(C)[C@@H]1CC[C@@H](C)CC1C(=O)O.NC(=O)CCCc1ccc(N)cc1.O=C(Cl)C(=O)Cl. The van der Waals surface area contributed by atoms with Crippen molar-refractivity contribution >= 4 is 79.8 Å². The van der Waals surface area contributed by atoms with E-state index in [-0.39, 0.29) is 34.8 Å². The third-order valence-corrected chi connectivity index (χ3v) is 15.1. The van der Waals surface area contributed by atoms with Gasteiger partial charge in [-0.2, -0.15) is 0 Å². The van der Waals surface area contributed by atoms with Crippen LogP contribution in [0.4, 0.5) is 5.69 Å². The Morgan fingerprint density at radius 1 is 0.529 bits per heavy atom. The highest BCUT2D eigenvalue weighted by molar-refractivity contribution is 6.97. The van der Waals surface area contributed by atoms with Crippen LogP contribution in [0.5, 0.6) is 0 Å². The lowest BCUT2D eigenvalue weighted by atomic mass is 9.68. The molecule has 394 valence electrons. The molecule has 0 bridgehead atoms. The van der Waals surface area contributed by atoms with E-state index in [1.54, 1.807) is 0 Å². The highest BCUT2D eigenvalue weighted by Gasteiger charge is 2.37. The first-order valence-electron chi connectivity index (χ1n) is 25.6. The van der Waals surface area contributed by atoms with Gasteiger partial charge in [-0.15, -0.1) is 0 Å². The van der Waals surface area contributed by atoms with Gasteiger partial charge in [-0.3, -0.25) is 33.6 Å². The summed E-state index contributed by atoms with van der Waals surface area (Å²) in [7, 11) is 0. The van der Waals surface area contributed by atoms with Gasteiger partial charge in [0.2, 0.25) is 17.1 Å². The zero-order valence-electron chi connectivity index (χ0n) is 43.5. The molecule has 14 heteroatoms. The number of aliphatic carboxylic acids is 1. The van der Waals surface area contributed by atoms with Crippen molar-refractivity contribution < 1.29 is 38.7 Å². The van der Waals surface area contributed by atoms with Crippen molar-refractivity contribution in [2.75, 3.05) is 5.73 Å². The molecule has 0 saturated heterocycles. The number of rotatable bonds is 17. The van der Waals surface area contributed by atoms with Crippen LogP contribution in [-0.2, 0) is 52.8 Å². The van der Waals surface area contributed by atoms with Gasteiger partial charge in [0.05, 0.1) is 5.92 Å². The molecule has 7 N–H and O–H groups in total. The maximum absolute atomic E-state index is 12.9. The minimum Gasteiger partial charge on any atom is -0.481 e. The normalized spacial score (nSPS) is 23.9. The molecule has 2 aromatic rings. The monoisotopic (exact) mass is 1030 g/mol. The van der Waals surface area contributed by atoms with Gasteiger partial charge in [-0.05, 0) is 181 Å². The number of carboxylic acid groups (broad SMARTS) is 1. The summed E-state index contributed by atoms with van der Waals surface area (Å²) in [5.41, 5.74) is 20.0. The molecule has 3 fully saturated rings. The molecule has 11 nitrogen and oxygen atoms in total. The van der Waals surface area contributed by atoms with Gasteiger partial charge in [0.1, 0.15) is 5.78 Å². The molecule has 5 rings (SSSR count). The van der Waals surface area contributed by atoms with Crippen molar-refractivity contribution in [1.82, 2.24) is 0 Å². The van der Waals surface area contributed by atoms with E-state index in [9.17, 15) is 33.6 Å². The summed E-state index contributed by atoms with van der Waals surface area (Å²) < 4.78 is 0. The fourth-order valence-corrected chi connectivity index (χ4v) is 10.5. The van der Waals surface area contributed by atoms with Gasteiger partial charge in [0, 0.05) is 36.8 Å². The standard InChI is InChI=1S/C22H33NO2.C11H19ClO.C11H20O2.C10H14N2O.C2Cl2O2/c1-15(2)19-12-7-16(3)13-20(19)21(24)14-18-10-8-17(9-11-18)5-4-6-22(23)25;2*1-7(2)9-5-4-8(3)6-10(9)11(12)13;11-9-6-4-8(5-7-9)2-1-3-10(12)13;3-1(5)2(4)6/h8-11,15-16,19-20H,4-7,12-14H2,1-3H3,(H2,23,25);7-10H,4-6H2,1-3H3;7-10H,4-6H2,1-3H3,(H,12,13);4-7H,1-3,11H2,(H2,12,13);/t16-,19+,20?;2*8-,9+,10?;;/m111../s1. The lowest BCUT2D eigenvalue weighted by Crippen LogP contribution is -2.34. The molecule has 0 radical (unpaired) electrons. The summed E-state index contributed by atoms with van der Waals surface area (Å²) in [6.07, 6.45) is 14.8. The number of carbonyl (C=O) groups is 7. The predicted octanol–water partition coefficient (Wildman–Crippen LogP) is 12.1. The number of carbonyl (C=O) groups excluding carboxylic acids is 6. The summed E-state index contributed by atoms with van der Waals surface area (Å²) in [5.74, 6) is 4.62. The Bertz CT molecular complexity index is 1870. The number of amides is 2. The minimum atomic E-state index is -1.14. The molecule has 0 aromatic heterocycles. The number of hydrogen-bond acceptors (Lipinski definition) is 8. The Labute approximate surface area is 434 Å². The minimum absolute atomic E-state index is 0.0938. The lowest BCUT2D eigenvalue weighted by Gasteiger charge is -2.36. The van der Waals surface area contributed by atoms with Crippen LogP contribution in [0.25, 0.3) is 0 Å². The van der Waals surface area contributed by atoms with Crippen molar-refractivity contribution in [3.05, 3.63) is 65.2 Å². The maximum atomic E-state index is 12.9. The molecule has 3 unspecified atom stereocenters. The first kappa shape index (κ1) is 64.2. The second kappa shape index (κ2) is 33.8. The second-order valence-corrected chi connectivity index (χ2v) is 22.4. The topological polar surface area (TPSA) is 218 Å². The zero-order valence-corrected chi connectivity index (χ0v) is 45.8. The number of ketones is 1. The van der Waals surface area contributed by atoms with Crippen LogP contribution in [0, 0.1) is 71.0 Å². The van der Waals surface area contributed by atoms with E-state index in [4.69, 9.17) is 33.9 Å². The molecule has 0 spiro atoms. The molecular weight excluding hydrogens is 949 g/mol. The lowest BCUT2D eigenvalue weighted by molar-refractivity contribution is -0.146. The van der Waals surface area contributed by atoms with Gasteiger partial charge in [0.25, 0.3) is 0 Å². The molecular formula is C56H86Cl3N3O8. The molecule has 9 atom stereocenters. The van der Waals surface area contributed by atoms with E-state index in [0.29, 0.717) is 78.3 Å². The van der Waals surface area contributed by atoms with Crippen LogP contribution in [0.2, 0.25) is 0 Å². The number of benzene rings is 2. The first-order valence-corrected chi connectivity index (χ1v) is 26.7. The van der Waals surface area contributed by atoms with Crippen molar-refractivity contribution in [2.24, 2.45) is 82.5 Å². The number of nitrogens with two attached hydrogens (primary N) is 3. The van der Waals surface area contributed by atoms with Crippen LogP contribution < -0.4 is 17.2 Å². The van der Waals surface area contributed by atoms with E-state index in [0.717, 1.165) is 62.6 Å². The fraction of sp³-hybridized carbons (Fsp3) is 0.661. The Hall–Kier alpha value is -3.80. The van der Waals surface area contributed by atoms with Gasteiger partial charge in [-0.1, -0.05) is 118 Å². The highest BCUT2D eigenvalue weighted by atomic mass is 35.5. The molecule has 2 aromatic carbocycles. The number of halogens is 3. The van der Waals surface area contributed by atoms with E-state index in [1.165, 1.54) is 43.2 Å². The smallest absolute Gasteiger partial charge is 0.306 e. The van der Waals surface area contributed by atoms with Crippen molar-refractivity contribution in [3.8, 4) is 0 Å². The number of nitrogen functional groups attached to an aromatic ring is 1. The third-order valence-electron chi connectivity index (χ3n) is 14.4. The Kier molecular flexibility index (Phi) is 31.0. The summed E-state index contributed by atoms with van der Waals surface area (Å²) in [5, 5.41) is 6.67. The average Bonchev–Trinajstić information content (AvgIpc) is 3.27. The van der Waals surface area contributed by atoms with Crippen molar-refractivity contribution in [2.45, 2.75) is 165 Å². The molecule has 0 heterocycles. The molecule has 3 saturated carbocycles. The zero-order chi connectivity index (χ0) is 53.2. The largest absolute Gasteiger partial charge is 0.481 e. The highest BCUT2D eigenvalue weighted by Crippen LogP contribution is 2.41. The number of aryl methyl sites for hydroxylation is 2. The number of Topliss-reactive ketones (excluding diaryl/α,β-unsaturated/α-hetero) is 1.